The van der Waals surface area contributed by atoms with Gasteiger partial charge in [-0.3, -0.25) is 0 Å². The van der Waals surface area contributed by atoms with Crippen molar-refractivity contribution in [3.8, 4) is 0 Å². The smallest absolute Gasteiger partial charge is 0.117 e. The zero-order valence-electron chi connectivity index (χ0n) is 6.76. The Bertz CT molecular complexity index is 113. The molecule has 0 radical (unpaired) electrons. The van der Waals surface area contributed by atoms with Gasteiger partial charge in [-0.15, -0.1) is 0 Å². The summed E-state index contributed by atoms with van der Waals surface area (Å²) in [6, 6.07) is 0. The summed E-state index contributed by atoms with van der Waals surface area (Å²) in [6.07, 6.45) is 6.61. The molecule has 0 N–H and O–H groups in total. The molecule has 56 valence electrons. The van der Waals surface area contributed by atoms with Crippen molar-refractivity contribution in [2.45, 2.75) is 0 Å². The summed E-state index contributed by atoms with van der Waals surface area (Å²) in [4.78, 5) is 2.02. The molecule has 0 aromatic carbocycles. The molecule has 9 heavy (non-hydrogen) atoms. The molecule has 0 heterocycles. The molecule has 0 fully saturated rings. The van der Waals surface area contributed by atoms with E-state index in [-0.39, 0.29) is 0 Å². The highest BCUT2D eigenvalue weighted by molar-refractivity contribution is 8.48. The summed E-state index contributed by atoms with van der Waals surface area (Å²) in [5.41, 5.74) is 0. The molecule has 0 saturated carbocycles. The molecule has 1 nitrogen and oxygen atoms in total. The van der Waals surface area contributed by atoms with Crippen LogP contribution in [0.2, 0.25) is 0 Å². The van der Waals surface area contributed by atoms with Crippen LogP contribution in [-0.4, -0.2) is 42.1 Å². The number of hydrogen-bond donors (Lipinski definition) is 0. The highest BCUT2D eigenvalue weighted by Gasteiger charge is 2.11. The van der Waals surface area contributed by atoms with Gasteiger partial charge in [0.05, 0.1) is 0 Å². The van der Waals surface area contributed by atoms with Crippen molar-refractivity contribution in [3.05, 3.63) is 0 Å². The summed E-state index contributed by atoms with van der Waals surface area (Å²) < 4.78 is 1.09. The second-order valence-corrected chi connectivity index (χ2v) is 7.70. The molecule has 0 amide bonds. The van der Waals surface area contributed by atoms with E-state index in [0.717, 1.165) is 4.32 Å². The third-order valence-corrected chi connectivity index (χ3v) is 4.17. The van der Waals surface area contributed by atoms with Crippen molar-refractivity contribution in [2.24, 2.45) is 0 Å². The fourth-order valence-electron chi connectivity index (χ4n) is 0.548. The van der Waals surface area contributed by atoms with Gasteiger partial charge >= 0.3 is 0 Å². The second-order valence-electron chi connectivity index (χ2n) is 3.00. The van der Waals surface area contributed by atoms with Gasteiger partial charge in [0, 0.05) is 14.1 Å². The van der Waals surface area contributed by atoms with E-state index in [2.05, 4.69) is 18.8 Å². The molecular weight excluding hydrogens is 150 g/mol. The number of thiocarbonyl (C=S) groups is 1. The van der Waals surface area contributed by atoms with Gasteiger partial charge in [0.1, 0.15) is 4.32 Å². The van der Waals surface area contributed by atoms with Gasteiger partial charge in [-0.25, -0.2) is 0 Å². The van der Waals surface area contributed by atoms with Crippen molar-refractivity contribution in [1.82, 2.24) is 4.90 Å². The molecular formula is C6H15NS2. The first kappa shape index (κ1) is 9.24. The molecule has 0 atom stereocenters. The molecule has 0 saturated heterocycles. The Hall–Kier alpha value is 0.240. The quantitative estimate of drug-likeness (QED) is 0.501. The van der Waals surface area contributed by atoms with Crippen LogP contribution in [0.15, 0.2) is 0 Å². The van der Waals surface area contributed by atoms with Gasteiger partial charge in [0.15, 0.2) is 0 Å². The van der Waals surface area contributed by atoms with Crippen molar-refractivity contribution >= 4 is 26.6 Å². The Balaban J connectivity index is 4.06. The molecule has 0 aliphatic carbocycles. The monoisotopic (exact) mass is 165 g/mol. The minimum absolute atomic E-state index is 0.645. The first-order valence-corrected chi connectivity index (χ1v) is 6.02. The first-order chi connectivity index (χ1) is 3.85. The van der Waals surface area contributed by atoms with Crippen LogP contribution < -0.4 is 0 Å². The van der Waals surface area contributed by atoms with Gasteiger partial charge in [0.2, 0.25) is 0 Å². The van der Waals surface area contributed by atoms with E-state index in [0.29, 0.717) is 0 Å². The third kappa shape index (κ3) is 3.06. The third-order valence-electron chi connectivity index (χ3n) is 0.889. The molecule has 3 heteroatoms. The van der Waals surface area contributed by atoms with Crippen molar-refractivity contribution < 1.29 is 0 Å². The molecule has 0 aliphatic heterocycles. The van der Waals surface area contributed by atoms with E-state index in [4.69, 9.17) is 12.2 Å². The van der Waals surface area contributed by atoms with Crippen molar-refractivity contribution in [2.75, 3.05) is 32.9 Å². The fourth-order valence-corrected chi connectivity index (χ4v) is 1.64. The van der Waals surface area contributed by atoms with Gasteiger partial charge in [-0.2, -0.15) is 10.0 Å². The zero-order chi connectivity index (χ0) is 7.65. The van der Waals surface area contributed by atoms with Gasteiger partial charge in [-0.1, -0.05) is 12.2 Å². The van der Waals surface area contributed by atoms with Crippen LogP contribution in [0.4, 0.5) is 0 Å². The highest BCUT2D eigenvalue weighted by atomic mass is 32.3. The largest absolute Gasteiger partial charge is 0.365 e. The Morgan fingerprint density at radius 1 is 1.22 bits per heavy atom. The average Bonchev–Trinajstić information content (AvgIpc) is 1.62. The standard InChI is InChI=1S/C6H15NS2/c1-7(2)6(8)9(3,4)5/h1-5H3. The summed E-state index contributed by atoms with van der Waals surface area (Å²) in [7, 11) is 3.36. The lowest BCUT2D eigenvalue weighted by Crippen LogP contribution is -2.23. The second kappa shape index (κ2) is 2.88. The lowest BCUT2D eigenvalue weighted by molar-refractivity contribution is 0.647. The Morgan fingerprint density at radius 2 is 1.56 bits per heavy atom. The van der Waals surface area contributed by atoms with Crippen LogP contribution in [0.25, 0.3) is 0 Å². The maximum absolute atomic E-state index is 5.18. The van der Waals surface area contributed by atoms with Gasteiger partial charge in [0.25, 0.3) is 0 Å². The maximum atomic E-state index is 5.18. The normalized spacial score (nSPS) is 13.0. The van der Waals surface area contributed by atoms with E-state index in [1.807, 2.05) is 19.0 Å². The van der Waals surface area contributed by atoms with E-state index >= 15 is 0 Å². The molecule has 0 aromatic rings. The van der Waals surface area contributed by atoms with Crippen LogP contribution in [0, 0.1) is 0 Å². The minimum atomic E-state index is -0.645. The van der Waals surface area contributed by atoms with Crippen LogP contribution in [-0.2, 0) is 0 Å². The van der Waals surface area contributed by atoms with Gasteiger partial charge in [-0.05, 0) is 18.8 Å². The minimum Gasteiger partial charge on any atom is -0.365 e. The summed E-state index contributed by atoms with van der Waals surface area (Å²) in [5, 5.41) is 0. The number of hydrogen-bond acceptors (Lipinski definition) is 1. The van der Waals surface area contributed by atoms with Gasteiger partial charge < -0.3 is 4.90 Å². The molecule has 0 bridgehead atoms. The summed E-state index contributed by atoms with van der Waals surface area (Å²) in [6.45, 7) is 0. The van der Waals surface area contributed by atoms with Crippen LogP contribution in [0.1, 0.15) is 0 Å². The summed E-state index contributed by atoms with van der Waals surface area (Å²) in [5.74, 6) is 0. The average molecular weight is 165 g/mol. The Labute approximate surface area is 64.7 Å². The lowest BCUT2D eigenvalue weighted by atomic mass is 11.0. The molecule has 0 aliphatic rings. The van der Waals surface area contributed by atoms with Crippen LogP contribution >= 0.6 is 22.2 Å². The number of rotatable bonds is 0. The predicted molar refractivity (Wildman–Crippen MR) is 51.6 cm³/mol. The van der Waals surface area contributed by atoms with Crippen molar-refractivity contribution in [1.29, 1.82) is 0 Å². The Kier molecular flexibility index (Phi) is 2.96. The van der Waals surface area contributed by atoms with E-state index in [9.17, 15) is 0 Å². The molecule has 0 spiro atoms. The molecule has 0 aromatic heterocycles. The topological polar surface area (TPSA) is 3.24 Å². The SMILES string of the molecule is CN(C)C(=S)S(C)(C)C. The lowest BCUT2D eigenvalue weighted by Gasteiger charge is -2.30. The highest BCUT2D eigenvalue weighted by Crippen LogP contribution is 2.37. The Morgan fingerprint density at radius 3 is 1.56 bits per heavy atom. The molecule has 0 unspecified atom stereocenters. The van der Waals surface area contributed by atoms with E-state index in [1.165, 1.54) is 0 Å². The van der Waals surface area contributed by atoms with Crippen molar-refractivity contribution in [3.63, 3.8) is 0 Å². The zero-order valence-corrected chi connectivity index (χ0v) is 8.40. The predicted octanol–water partition coefficient (Wildman–Crippen LogP) is 1.53. The van der Waals surface area contributed by atoms with Crippen LogP contribution in [0.3, 0.4) is 0 Å². The maximum Gasteiger partial charge on any atom is 0.117 e. The van der Waals surface area contributed by atoms with E-state index in [1.54, 1.807) is 0 Å². The van der Waals surface area contributed by atoms with E-state index < -0.39 is 10.0 Å². The molecule has 0 rings (SSSR count). The summed E-state index contributed by atoms with van der Waals surface area (Å²) >= 11 is 5.18. The van der Waals surface area contributed by atoms with Crippen LogP contribution in [0.5, 0.6) is 0 Å². The fraction of sp³-hybridized carbons (Fsp3) is 0.833. The first-order valence-electron chi connectivity index (χ1n) is 2.75. The number of nitrogens with zero attached hydrogens (tertiary/aromatic N) is 1.